The fraction of sp³-hybridized carbons (Fsp3) is 0.417. The molecule has 0 aliphatic carbocycles. The Morgan fingerprint density at radius 2 is 2.21 bits per heavy atom. The molecule has 1 aliphatic rings. The van der Waals surface area contributed by atoms with Crippen LogP contribution >= 0.6 is 0 Å². The van der Waals surface area contributed by atoms with E-state index in [-0.39, 0.29) is 6.10 Å². The van der Waals surface area contributed by atoms with Crippen molar-refractivity contribution in [1.29, 1.82) is 0 Å². The van der Waals surface area contributed by atoms with Crippen LogP contribution in [0.15, 0.2) is 35.3 Å². The van der Waals surface area contributed by atoms with Gasteiger partial charge in [0.15, 0.2) is 0 Å². The zero-order valence-electron chi connectivity index (χ0n) is 8.23. The van der Waals surface area contributed by atoms with Crippen LogP contribution in [0.2, 0.25) is 0 Å². The van der Waals surface area contributed by atoms with Crippen LogP contribution in [0.4, 0.5) is 0 Å². The monoisotopic (exact) mass is 189 g/mol. The molecule has 1 atom stereocenters. The highest BCUT2D eigenvalue weighted by molar-refractivity contribution is 5.63. The number of hydrogen-bond donors (Lipinski definition) is 0. The van der Waals surface area contributed by atoms with Crippen molar-refractivity contribution < 1.29 is 4.74 Å². The van der Waals surface area contributed by atoms with Gasteiger partial charge in [-0.05, 0) is 18.4 Å². The van der Waals surface area contributed by atoms with Crippen LogP contribution in [-0.2, 0) is 11.3 Å². The van der Waals surface area contributed by atoms with Gasteiger partial charge >= 0.3 is 0 Å². The molecule has 0 radical (unpaired) electrons. The van der Waals surface area contributed by atoms with E-state index in [0.717, 1.165) is 19.6 Å². The lowest BCUT2D eigenvalue weighted by Gasteiger charge is -2.00. The average molecular weight is 189 g/mol. The van der Waals surface area contributed by atoms with E-state index in [2.05, 4.69) is 17.1 Å². The van der Waals surface area contributed by atoms with Crippen LogP contribution < -0.4 is 0 Å². The maximum absolute atomic E-state index is 5.44. The zero-order chi connectivity index (χ0) is 9.64. The van der Waals surface area contributed by atoms with Crippen molar-refractivity contribution in [3.05, 3.63) is 35.9 Å². The molecule has 0 spiro atoms. The van der Waals surface area contributed by atoms with Gasteiger partial charge in [-0.3, -0.25) is 4.99 Å². The van der Waals surface area contributed by atoms with Gasteiger partial charge in [0.05, 0.1) is 12.6 Å². The van der Waals surface area contributed by atoms with Gasteiger partial charge < -0.3 is 4.74 Å². The van der Waals surface area contributed by atoms with Crippen LogP contribution in [0.3, 0.4) is 0 Å². The predicted octanol–water partition coefficient (Wildman–Crippen LogP) is 2.44. The summed E-state index contributed by atoms with van der Waals surface area (Å²) in [5, 5.41) is 0. The molecule has 1 saturated heterocycles. The summed E-state index contributed by atoms with van der Waals surface area (Å²) in [6.07, 6.45) is 4.50. The fourth-order valence-electron chi connectivity index (χ4n) is 1.58. The van der Waals surface area contributed by atoms with Gasteiger partial charge in [-0.2, -0.15) is 0 Å². The predicted molar refractivity (Wildman–Crippen MR) is 57.6 cm³/mol. The Balaban J connectivity index is 1.81. The van der Waals surface area contributed by atoms with E-state index in [0.29, 0.717) is 0 Å². The quantitative estimate of drug-likeness (QED) is 0.669. The fourth-order valence-corrected chi connectivity index (χ4v) is 1.58. The van der Waals surface area contributed by atoms with Gasteiger partial charge in [0, 0.05) is 12.8 Å². The standard InChI is InChI=1S/C12H15NO/c1-2-5-11(6-3-1)9-13-10-12-7-4-8-14-12/h1-3,5-6,10,12H,4,7-9H2. The largest absolute Gasteiger partial charge is 0.373 e. The molecule has 2 heteroatoms. The van der Waals surface area contributed by atoms with Crippen LogP contribution in [0.25, 0.3) is 0 Å². The van der Waals surface area contributed by atoms with E-state index in [1.165, 1.54) is 12.0 Å². The van der Waals surface area contributed by atoms with Crippen molar-refractivity contribution >= 4 is 6.21 Å². The minimum Gasteiger partial charge on any atom is -0.373 e. The minimum atomic E-state index is 0.263. The van der Waals surface area contributed by atoms with Crippen molar-refractivity contribution in [2.24, 2.45) is 4.99 Å². The van der Waals surface area contributed by atoms with Crippen molar-refractivity contribution in [2.75, 3.05) is 6.61 Å². The minimum absolute atomic E-state index is 0.263. The Kier molecular flexibility index (Phi) is 3.30. The highest BCUT2D eigenvalue weighted by Crippen LogP contribution is 2.10. The van der Waals surface area contributed by atoms with Crippen molar-refractivity contribution in [1.82, 2.24) is 0 Å². The van der Waals surface area contributed by atoms with Gasteiger partial charge in [-0.15, -0.1) is 0 Å². The summed E-state index contributed by atoms with van der Waals surface area (Å²) < 4.78 is 5.44. The number of aliphatic imine (C=N–C) groups is 1. The molecule has 2 nitrogen and oxygen atoms in total. The first-order valence-corrected chi connectivity index (χ1v) is 5.10. The molecule has 0 N–H and O–H groups in total. The highest BCUT2D eigenvalue weighted by atomic mass is 16.5. The average Bonchev–Trinajstić information content (AvgIpc) is 2.72. The van der Waals surface area contributed by atoms with Crippen molar-refractivity contribution in [2.45, 2.75) is 25.5 Å². The third-order valence-electron chi connectivity index (χ3n) is 2.35. The first-order valence-electron chi connectivity index (χ1n) is 5.10. The van der Waals surface area contributed by atoms with E-state index in [9.17, 15) is 0 Å². The molecular formula is C12H15NO. The van der Waals surface area contributed by atoms with Crippen molar-refractivity contribution in [3.8, 4) is 0 Å². The third-order valence-corrected chi connectivity index (χ3v) is 2.35. The number of ether oxygens (including phenoxy) is 1. The second-order valence-corrected chi connectivity index (χ2v) is 3.53. The topological polar surface area (TPSA) is 21.6 Å². The molecule has 74 valence electrons. The van der Waals surface area contributed by atoms with Gasteiger partial charge in [-0.1, -0.05) is 30.3 Å². The highest BCUT2D eigenvalue weighted by Gasteiger charge is 2.11. The van der Waals surface area contributed by atoms with Gasteiger partial charge in [0.1, 0.15) is 0 Å². The van der Waals surface area contributed by atoms with E-state index in [1.54, 1.807) is 0 Å². The molecular weight excluding hydrogens is 174 g/mol. The molecule has 0 bridgehead atoms. The third kappa shape index (κ3) is 2.67. The lowest BCUT2D eigenvalue weighted by atomic mass is 10.2. The van der Waals surface area contributed by atoms with E-state index in [1.807, 2.05) is 24.4 Å². The lowest BCUT2D eigenvalue weighted by Crippen LogP contribution is -2.05. The second-order valence-electron chi connectivity index (χ2n) is 3.53. The van der Waals surface area contributed by atoms with Crippen molar-refractivity contribution in [3.63, 3.8) is 0 Å². The number of hydrogen-bond acceptors (Lipinski definition) is 2. The maximum atomic E-state index is 5.44. The molecule has 0 saturated carbocycles. The molecule has 1 aliphatic heterocycles. The Hall–Kier alpha value is -1.15. The Morgan fingerprint density at radius 1 is 1.36 bits per heavy atom. The van der Waals surface area contributed by atoms with Gasteiger partial charge in [0.25, 0.3) is 0 Å². The Bertz CT molecular complexity index is 288. The molecule has 2 rings (SSSR count). The number of nitrogens with zero attached hydrogens (tertiary/aromatic N) is 1. The zero-order valence-corrected chi connectivity index (χ0v) is 8.23. The normalized spacial score (nSPS) is 21.9. The van der Waals surface area contributed by atoms with E-state index in [4.69, 9.17) is 4.74 Å². The SMILES string of the molecule is C(=NCc1ccccc1)C1CCCO1. The smallest absolute Gasteiger partial charge is 0.0922 e. The summed E-state index contributed by atoms with van der Waals surface area (Å²) >= 11 is 0. The van der Waals surface area contributed by atoms with Crippen LogP contribution in [-0.4, -0.2) is 18.9 Å². The Labute approximate surface area is 84.6 Å². The molecule has 1 aromatic rings. The van der Waals surface area contributed by atoms with Gasteiger partial charge in [-0.25, -0.2) is 0 Å². The summed E-state index contributed by atoms with van der Waals surface area (Å²) in [7, 11) is 0. The first kappa shape index (κ1) is 9.41. The summed E-state index contributed by atoms with van der Waals surface area (Å²) in [5.41, 5.74) is 1.25. The number of rotatable bonds is 3. The van der Waals surface area contributed by atoms with Crippen LogP contribution in [0.5, 0.6) is 0 Å². The summed E-state index contributed by atoms with van der Waals surface area (Å²) in [5.74, 6) is 0. The second kappa shape index (κ2) is 4.91. The number of benzene rings is 1. The molecule has 1 heterocycles. The lowest BCUT2D eigenvalue weighted by molar-refractivity contribution is 0.161. The van der Waals surface area contributed by atoms with E-state index >= 15 is 0 Å². The molecule has 1 unspecified atom stereocenters. The summed E-state index contributed by atoms with van der Waals surface area (Å²) in [6, 6.07) is 10.3. The summed E-state index contributed by atoms with van der Waals surface area (Å²) in [4.78, 5) is 4.37. The molecule has 14 heavy (non-hydrogen) atoms. The Morgan fingerprint density at radius 3 is 2.93 bits per heavy atom. The molecule has 1 aromatic carbocycles. The maximum Gasteiger partial charge on any atom is 0.0922 e. The summed E-state index contributed by atoms with van der Waals surface area (Å²) in [6.45, 7) is 1.66. The van der Waals surface area contributed by atoms with Gasteiger partial charge in [0.2, 0.25) is 0 Å². The molecule has 1 fully saturated rings. The molecule has 0 amide bonds. The van der Waals surface area contributed by atoms with Crippen LogP contribution in [0.1, 0.15) is 18.4 Å². The van der Waals surface area contributed by atoms with E-state index < -0.39 is 0 Å². The molecule has 0 aromatic heterocycles. The first-order chi connectivity index (χ1) is 6.95. The van der Waals surface area contributed by atoms with Crippen LogP contribution in [0, 0.1) is 0 Å².